The molecular weight excluding hydrogens is 354 g/mol. The molecule has 0 saturated carbocycles. The number of rotatable bonds is 5. The Morgan fingerprint density at radius 1 is 1.16 bits per heavy atom. The Kier molecular flexibility index (Phi) is 5.15. The summed E-state index contributed by atoms with van der Waals surface area (Å²) in [5.41, 5.74) is 2.47. The van der Waals surface area contributed by atoms with Gasteiger partial charge in [0.15, 0.2) is 5.78 Å². The molecule has 7 heteroatoms. The second-order valence-corrected chi connectivity index (χ2v) is 7.78. The predicted molar refractivity (Wildman–Crippen MR) is 103 cm³/mol. The van der Waals surface area contributed by atoms with Crippen LogP contribution in [0, 0.1) is 13.8 Å². The van der Waals surface area contributed by atoms with Crippen molar-refractivity contribution in [3.63, 3.8) is 0 Å². The number of thiophene rings is 1. The molecule has 2 heterocycles. The maximum Gasteiger partial charge on any atom is 0.234 e. The van der Waals surface area contributed by atoms with Crippen LogP contribution in [0.3, 0.4) is 0 Å². The number of fused-ring (bicyclic) bond motifs is 1. The number of hydrogen-bond acceptors (Lipinski definition) is 6. The molecule has 25 heavy (non-hydrogen) atoms. The van der Waals surface area contributed by atoms with Gasteiger partial charge >= 0.3 is 0 Å². The van der Waals surface area contributed by atoms with Gasteiger partial charge in [-0.25, -0.2) is 9.97 Å². The first kappa shape index (κ1) is 17.6. The van der Waals surface area contributed by atoms with Crippen molar-refractivity contribution >= 4 is 50.7 Å². The molecule has 1 N–H and O–H groups in total. The highest BCUT2D eigenvalue weighted by Gasteiger charge is 2.13. The smallest absolute Gasteiger partial charge is 0.234 e. The summed E-state index contributed by atoms with van der Waals surface area (Å²) in [6.07, 6.45) is 1.54. The lowest BCUT2D eigenvalue weighted by Gasteiger charge is -2.06. The molecule has 5 nitrogen and oxygen atoms in total. The number of hydrogen-bond donors (Lipinski definition) is 1. The summed E-state index contributed by atoms with van der Waals surface area (Å²) in [6.45, 7) is 5.63. The second kappa shape index (κ2) is 7.33. The average Bonchev–Trinajstić information content (AvgIpc) is 2.88. The Bertz CT molecular complexity index is 949. The van der Waals surface area contributed by atoms with Gasteiger partial charge in [0.05, 0.1) is 5.75 Å². The van der Waals surface area contributed by atoms with Gasteiger partial charge < -0.3 is 5.32 Å². The van der Waals surface area contributed by atoms with Crippen molar-refractivity contribution in [3.8, 4) is 0 Å². The fourth-order valence-electron chi connectivity index (χ4n) is 2.38. The molecule has 0 spiro atoms. The van der Waals surface area contributed by atoms with Crippen molar-refractivity contribution in [2.45, 2.75) is 25.8 Å². The average molecular weight is 371 g/mol. The van der Waals surface area contributed by atoms with E-state index in [-0.39, 0.29) is 17.4 Å². The van der Waals surface area contributed by atoms with Crippen LogP contribution in [0.1, 0.15) is 27.7 Å². The fraction of sp³-hybridized carbons (Fsp3) is 0.222. The van der Waals surface area contributed by atoms with E-state index in [2.05, 4.69) is 29.1 Å². The van der Waals surface area contributed by atoms with Gasteiger partial charge in [0.25, 0.3) is 0 Å². The molecule has 3 aromatic rings. The van der Waals surface area contributed by atoms with E-state index < -0.39 is 0 Å². The fourth-order valence-corrected chi connectivity index (χ4v) is 4.30. The van der Waals surface area contributed by atoms with E-state index in [9.17, 15) is 9.59 Å². The van der Waals surface area contributed by atoms with Gasteiger partial charge in [-0.05, 0) is 50.6 Å². The minimum absolute atomic E-state index is 0.00244. The molecule has 2 aromatic heterocycles. The van der Waals surface area contributed by atoms with Crippen LogP contribution in [0.25, 0.3) is 10.2 Å². The van der Waals surface area contributed by atoms with Gasteiger partial charge in [-0.2, -0.15) is 0 Å². The Morgan fingerprint density at radius 3 is 2.56 bits per heavy atom. The van der Waals surface area contributed by atoms with E-state index >= 15 is 0 Å². The molecule has 0 saturated heterocycles. The lowest BCUT2D eigenvalue weighted by atomic mass is 10.1. The molecular formula is C18H17N3O2S2. The van der Waals surface area contributed by atoms with Crippen molar-refractivity contribution in [2.75, 3.05) is 11.1 Å². The highest BCUT2D eigenvalue weighted by Crippen LogP contribution is 2.34. The number of thioether (sulfide) groups is 1. The number of amides is 1. The van der Waals surface area contributed by atoms with Crippen molar-refractivity contribution in [1.29, 1.82) is 0 Å². The van der Waals surface area contributed by atoms with Crippen molar-refractivity contribution in [1.82, 2.24) is 9.97 Å². The Labute approximate surface area is 153 Å². The van der Waals surface area contributed by atoms with Crippen molar-refractivity contribution in [3.05, 3.63) is 46.6 Å². The van der Waals surface area contributed by atoms with Crippen LogP contribution in [0.4, 0.5) is 5.69 Å². The van der Waals surface area contributed by atoms with Gasteiger partial charge in [0.2, 0.25) is 5.91 Å². The molecule has 3 rings (SSSR count). The van der Waals surface area contributed by atoms with Gasteiger partial charge in [-0.1, -0.05) is 11.8 Å². The quantitative estimate of drug-likeness (QED) is 0.412. The number of Topliss-reactive ketones (excluding diaryl/α,β-unsaturated/α-hetero) is 1. The van der Waals surface area contributed by atoms with Crippen LogP contribution in [0.2, 0.25) is 0 Å². The first-order valence-corrected chi connectivity index (χ1v) is 9.50. The van der Waals surface area contributed by atoms with Gasteiger partial charge in [0, 0.05) is 21.5 Å². The number of benzene rings is 1. The molecule has 1 aromatic carbocycles. The van der Waals surface area contributed by atoms with Crippen LogP contribution in [-0.4, -0.2) is 27.4 Å². The molecule has 0 fully saturated rings. The third kappa shape index (κ3) is 3.88. The molecule has 0 aliphatic rings. The Balaban J connectivity index is 1.67. The standard InChI is InChI=1S/C18H17N3O2S2/c1-10-12(3)25-18-16(10)17(19-9-20-18)24-8-15(23)21-14-6-4-13(5-7-14)11(2)22/h4-7,9H,8H2,1-3H3,(H,21,23). The molecule has 0 bridgehead atoms. The normalized spacial score (nSPS) is 10.8. The number of ketones is 1. The van der Waals surface area contributed by atoms with E-state index in [1.165, 1.54) is 29.1 Å². The third-order valence-electron chi connectivity index (χ3n) is 3.85. The molecule has 0 atom stereocenters. The summed E-state index contributed by atoms with van der Waals surface area (Å²) in [7, 11) is 0. The highest BCUT2D eigenvalue weighted by molar-refractivity contribution is 8.00. The number of aryl methyl sites for hydroxylation is 2. The van der Waals surface area contributed by atoms with Crippen LogP contribution < -0.4 is 5.32 Å². The number of aromatic nitrogens is 2. The minimum Gasteiger partial charge on any atom is -0.325 e. The summed E-state index contributed by atoms with van der Waals surface area (Å²) in [4.78, 5) is 34.3. The molecule has 0 aliphatic heterocycles. The van der Waals surface area contributed by atoms with Crippen LogP contribution >= 0.6 is 23.1 Å². The van der Waals surface area contributed by atoms with E-state index in [0.717, 1.165) is 15.2 Å². The van der Waals surface area contributed by atoms with Crippen LogP contribution in [0.15, 0.2) is 35.6 Å². The Hall–Kier alpha value is -2.25. The zero-order valence-electron chi connectivity index (χ0n) is 14.1. The van der Waals surface area contributed by atoms with E-state index in [0.29, 0.717) is 11.3 Å². The third-order valence-corrected chi connectivity index (χ3v) is 5.95. The number of carbonyl (C=O) groups excluding carboxylic acids is 2. The van der Waals surface area contributed by atoms with E-state index in [1.54, 1.807) is 41.9 Å². The lowest BCUT2D eigenvalue weighted by Crippen LogP contribution is -2.14. The number of anilines is 1. The van der Waals surface area contributed by atoms with Gasteiger partial charge in [-0.3, -0.25) is 9.59 Å². The zero-order chi connectivity index (χ0) is 18.0. The molecule has 0 unspecified atom stereocenters. The predicted octanol–water partition coefficient (Wildman–Crippen LogP) is 4.24. The number of nitrogens with one attached hydrogen (secondary N) is 1. The van der Waals surface area contributed by atoms with Crippen molar-refractivity contribution < 1.29 is 9.59 Å². The zero-order valence-corrected chi connectivity index (χ0v) is 15.8. The first-order valence-electron chi connectivity index (χ1n) is 7.70. The maximum absolute atomic E-state index is 12.2. The minimum atomic E-state index is -0.114. The number of nitrogens with zero attached hydrogens (tertiary/aromatic N) is 2. The lowest BCUT2D eigenvalue weighted by molar-refractivity contribution is -0.113. The van der Waals surface area contributed by atoms with Crippen LogP contribution in [0.5, 0.6) is 0 Å². The summed E-state index contributed by atoms with van der Waals surface area (Å²) in [5.74, 6) is 0.147. The topological polar surface area (TPSA) is 72.0 Å². The van der Waals surface area contributed by atoms with Crippen molar-refractivity contribution in [2.24, 2.45) is 0 Å². The Morgan fingerprint density at radius 2 is 1.88 bits per heavy atom. The van der Waals surface area contributed by atoms with E-state index in [1.807, 2.05) is 0 Å². The summed E-state index contributed by atoms with van der Waals surface area (Å²) in [6, 6.07) is 6.87. The van der Waals surface area contributed by atoms with Crippen LogP contribution in [-0.2, 0) is 4.79 Å². The second-order valence-electron chi connectivity index (χ2n) is 5.61. The first-order chi connectivity index (χ1) is 12.0. The number of carbonyl (C=O) groups is 2. The van der Waals surface area contributed by atoms with Gasteiger partial charge in [-0.15, -0.1) is 11.3 Å². The van der Waals surface area contributed by atoms with Gasteiger partial charge in [0.1, 0.15) is 16.2 Å². The largest absolute Gasteiger partial charge is 0.325 e. The summed E-state index contributed by atoms with van der Waals surface area (Å²) in [5, 5.41) is 4.70. The van der Waals surface area contributed by atoms with E-state index in [4.69, 9.17) is 0 Å². The molecule has 0 aliphatic carbocycles. The maximum atomic E-state index is 12.2. The monoisotopic (exact) mass is 371 g/mol. The highest BCUT2D eigenvalue weighted by atomic mass is 32.2. The summed E-state index contributed by atoms with van der Waals surface area (Å²) < 4.78 is 0. The SMILES string of the molecule is CC(=O)c1ccc(NC(=O)CSc2ncnc3sc(C)c(C)c23)cc1. The summed E-state index contributed by atoms with van der Waals surface area (Å²) >= 11 is 3.04. The molecule has 0 radical (unpaired) electrons. The molecule has 128 valence electrons. The molecule has 1 amide bonds.